The zero-order valence-electron chi connectivity index (χ0n) is 18.1. The summed E-state index contributed by atoms with van der Waals surface area (Å²) in [6, 6.07) is 7.55. The molecule has 3 unspecified atom stereocenters. The molecule has 2 bridgehead atoms. The van der Waals surface area contributed by atoms with Crippen LogP contribution < -0.4 is 5.32 Å². The Balaban J connectivity index is 1.45. The Bertz CT molecular complexity index is 1150. The van der Waals surface area contributed by atoms with Crippen molar-refractivity contribution in [2.24, 2.45) is 5.92 Å². The molecule has 6 rings (SSSR count). The number of nitrogens with zero attached hydrogens (tertiary/aromatic N) is 5. The number of aryl methyl sites for hydroxylation is 2. The van der Waals surface area contributed by atoms with Crippen molar-refractivity contribution in [3.8, 4) is 11.5 Å². The molecule has 8 heteroatoms. The predicted molar refractivity (Wildman–Crippen MR) is 124 cm³/mol. The van der Waals surface area contributed by atoms with Crippen LogP contribution in [0.5, 0.6) is 0 Å². The summed E-state index contributed by atoms with van der Waals surface area (Å²) < 4.78 is 0. The Kier molecular flexibility index (Phi) is 5.51. The number of hydrogen-bond donors (Lipinski definition) is 1. The third-order valence-corrected chi connectivity index (χ3v) is 6.67. The number of aromatic nitrogens is 4. The molecule has 3 aliphatic rings. The third kappa shape index (κ3) is 3.93. The van der Waals surface area contributed by atoms with Crippen LogP contribution in [-0.2, 0) is 0 Å². The van der Waals surface area contributed by atoms with Gasteiger partial charge in [0.15, 0.2) is 5.82 Å². The molecule has 32 heavy (non-hydrogen) atoms. The molecule has 2 aliphatic heterocycles. The minimum absolute atomic E-state index is 0.0240. The summed E-state index contributed by atoms with van der Waals surface area (Å²) in [5.41, 5.74) is 2.92. The highest BCUT2D eigenvalue weighted by Crippen LogP contribution is 2.38. The minimum atomic E-state index is -0.0240. The Hall–Kier alpha value is -3.06. The number of halogens is 1. The second-order valence-electron chi connectivity index (χ2n) is 8.72. The molecule has 2 saturated heterocycles. The monoisotopic (exact) mass is 448 g/mol. The van der Waals surface area contributed by atoms with E-state index < -0.39 is 0 Å². The van der Waals surface area contributed by atoms with Crippen LogP contribution in [0.3, 0.4) is 0 Å². The highest BCUT2D eigenvalue weighted by atomic mass is 35.5. The smallest absolute Gasteiger partial charge is 0.256 e. The van der Waals surface area contributed by atoms with E-state index in [-0.39, 0.29) is 18.0 Å². The Morgan fingerprint density at radius 3 is 2.72 bits per heavy atom. The molecule has 1 aliphatic carbocycles. The second kappa shape index (κ2) is 8.47. The zero-order chi connectivity index (χ0) is 22.2. The number of hydrogen-bond acceptors (Lipinski definition) is 6. The van der Waals surface area contributed by atoms with Crippen molar-refractivity contribution in [2.75, 3.05) is 11.9 Å². The molecule has 1 amide bonds. The number of rotatable bonds is 4. The number of pyridine rings is 2. The van der Waals surface area contributed by atoms with Crippen molar-refractivity contribution in [1.82, 2.24) is 24.8 Å². The van der Waals surface area contributed by atoms with Gasteiger partial charge in [-0.1, -0.05) is 11.6 Å². The lowest BCUT2D eigenvalue weighted by molar-refractivity contribution is 0.0282. The molecule has 3 fully saturated rings. The average Bonchev–Trinajstić information content (AvgIpc) is 2.81. The molecule has 0 radical (unpaired) electrons. The maximum absolute atomic E-state index is 13.8. The van der Waals surface area contributed by atoms with E-state index >= 15 is 0 Å². The molecule has 3 aromatic heterocycles. The molecule has 1 saturated carbocycles. The molecule has 7 nitrogen and oxygen atoms in total. The molecular formula is C24H25ClN6O. The predicted octanol–water partition coefficient (Wildman–Crippen LogP) is 4.31. The summed E-state index contributed by atoms with van der Waals surface area (Å²) in [7, 11) is 0. The topological polar surface area (TPSA) is 83.9 Å². The number of piperidine rings is 2. The second-order valence-corrected chi connectivity index (χ2v) is 9.13. The third-order valence-electron chi connectivity index (χ3n) is 6.38. The van der Waals surface area contributed by atoms with E-state index in [0.717, 1.165) is 37.1 Å². The van der Waals surface area contributed by atoms with Gasteiger partial charge in [0, 0.05) is 36.9 Å². The van der Waals surface area contributed by atoms with Crippen LogP contribution in [0.15, 0.2) is 42.9 Å². The lowest BCUT2D eigenvalue weighted by atomic mass is 9.76. The Morgan fingerprint density at radius 1 is 1.16 bits per heavy atom. The summed E-state index contributed by atoms with van der Waals surface area (Å²) >= 11 is 6.42. The molecular weight excluding hydrogens is 424 g/mol. The van der Waals surface area contributed by atoms with Crippen LogP contribution >= 0.6 is 11.6 Å². The molecule has 1 N–H and O–H groups in total. The molecule has 0 aromatic carbocycles. The largest absolute Gasteiger partial charge is 0.364 e. The summed E-state index contributed by atoms with van der Waals surface area (Å²) in [6.45, 7) is 4.62. The molecule has 3 atom stereocenters. The van der Waals surface area contributed by atoms with Gasteiger partial charge in [-0.3, -0.25) is 4.79 Å². The number of amides is 1. The maximum Gasteiger partial charge on any atom is 0.256 e. The SMILES string of the molecule is Cc1cnc(NC2CC3CCC2N(C(=O)c2ccc(C)nc2-c2ncccn2)C3)c(Cl)c1. The summed E-state index contributed by atoms with van der Waals surface area (Å²) in [5, 5.41) is 4.13. The Labute approximate surface area is 192 Å². The van der Waals surface area contributed by atoms with E-state index in [1.54, 1.807) is 18.5 Å². The van der Waals surface area contributed by atoms with Crippen LogP contribution in [0, 0.1) is 19.8 Å². The first kappa shape index (κ1) is 20.8. The first-order valence-corrected chi connectivity index (χ1v) is 11.3. The average molecular weight is 449 g/mol. The Morgan fingerprint density at radius 2 is 1.97 bits per heavy atom. The quantitative estimate of drug-likeness (QED) is 0.640. The van der Waals surface area contributed by atoms with Gasteiger partial charge in [-0.2, -0.15) is 0 Å². The van der Waals surface area contributed by atoms with Crippen molar-refractivity contribution >= 4 is 23.3 Å². The normalized spacial score (nSPS) is 22.1. The molecule has 3 aromatic rings. The summed E-state index contributed by atoms with van der Waals surface area (Å²) in [6.07, 6.45) is 8.23. The maximum atomic E-state index is 13.8. The van der Waals surface area contributed by atoms with Crippen molar-refractivity contribution < 1.29 is 4.79 Å². The van der Waals surface area contributed by atoms with Crippen LogP contribution in [0.25, 0.3) is 11.5 Å². The van der Waals surface area contributed by atoms with Gasteiger partial charge in [-0.15, -0.1) is 0 Å². The lowest BCUT2D eigenvalue weighted by Crippen LogP contribution is -2.59. The highest BCUT2D eigenvalue weighted by molar-refractivity contribution is 6.33. The van der Waals surface area contributed by atoms with E-state index in [9.17, 15) is 4.79 Å². The highest BCUT2D eigenvalue weighted by Gasteiger charge is 2.43. The zero-order valence-corrected chi connectivity index (χ0v) is 18.9. The number of nitrogens with one attached hydrogen (secondary N) is 1. The van der Waals surface area contributed by atoms with Gasteiger partial charge in [0.2, 0.25) is 0 Å². The van der Waals surface area contributed by atoms with Crippen molar-refractivity contribution in [1.29, 1.82) is 0 Å². The fourth-order valence-corrected chi connectivity index (χ4v) is 5.15. The van der Waals surface area contributed by atoms with E-state index in [4.69, 9.17) is 11.6 Å². The summed E-state index contributed by atoms with van der Waals surface area (Å²) in [5.74, 6) is 1.56. The van der Waals surface area contributed by atoms with Crippen molar-refractivity contribution in [2.45, 2.75) is 45.2 Å². The van der Waals surface area contributed by atoms with Crippen LogP contribution in [-0.4, -0.2) is 49.4 Å². The van der Waals surface area contributed by atoms with Gasteiger partial charge in [-0.25, -0.2) is 19.9 Å². The number of carbonyl (C=O) groups is 1. The molecule has 5 heterocycles. The molecule has 164 valence electrons. The number of fused-ring (bicyclic) bond motifs is 3. The van der Waals surface area contributed by atoms with Crippen LogP contribution in [0.1, 0.15) is 40.9 Å². The van der Waals surface area contributed by atoms with Crippen LogP contribution in [0.2, 0.25) is 5.02 Å². The van der Waals surface area contributed by atoms with Gasteiger partial charge in [0.25, 0.3) is 5.91 Å². The minimum Gasteiger partial charge on any atom is -0.364 e. The standard InChI is InChI=1S/C24H25ClN6O/c1-14-10-18(25)22(28-12-14)30-19-11-16-5-7-20(19)31(13-16)24(32)17-6-4-15(2)29-21(17)23-26-8-3-9-27-23/h3-4,6,8-10,12,16,19-20H,5,7,11,13H2,1-2H3,(H,28,30). The van der Waals surface area contributed by atoms with E-state index in [2.05, 4.69) is 25.3 Å². The van der Waals surface area contributed by atoms with Gasteiger partial charge in [0.1, 0.15) is 11.5 Å². The number of anilines is 1. The van der Waals surface area contributed by atoms with Gasteiger partial charge >= 0.3 is 0 Å². The van der Waals surface area contributed by atoms with Crippen LogP contribution in [0.4, 0.5) is 5.82 Å². The van der Waals surface area contributed by atoms with Gasteiger partial charge in [0.05, 0.1) is 16.6 Å². The van der Waals surface area contributed by atoms with E-state index in [1.807, 2.05) is 43.1 Å². The van der Waals surface area contributed by atoms with Gasteiger partial charge in [-0.05, 0) is 68.9 Å². The molecule has 0 spiro atoms. The fraction of sp³-hybridized carbons (Fsp3) is 0.375. The van der Waals surface area contributed by atoms with Crippen molar-refractivity contribution in [3.05, 3.63) is 64.7 Å². The van der Waals surface area contributed by atoms with E-state index in [1.165, 1.54) is 0 Å². The van der Waals surface area contributed by atoms with E-state index in [0.29, 0.717) is 33.8 Å². The lowest BCUT2D eigenvalue weighted by Gasteiger charge is -2.50. The fourth-order valence-electron chi connectivity index (χ4n) is 4.87. The number of carbonyl (C=O) groups excluding carboxylic acids is 1. The first-order chi connectivity index (χ1) is 15.5. The first-order valence-electron chi connectivity index (χ1n) is 10.9. The van der Waals surface area contributed by atoms with Gasteiger partial charge < -0.3 is 10.2 Å². The summed E-state index contributed by atoms with van der Waals surface area (Å²) in [4.78, 5) is 33.5. The van der Waals surface area contributed by atoms with Crippen molar-refractivity contribution in [3.63, 3.8) is 0 Å².